The van der Waals surface area contributed by atoms with Crippen LogP contribution in [0.4, 0.5) is 0 Å². The molecule has 3 aromatic rings. The molecular formula is C45H54O10-2. The Bertz CT molecular complexity index is 1790. The van der Waals surface area contributed by atoms with Crippen LogP contribution in [0.1, 0.15) is 103 Å². The van der Waals surface area contributed by atoms with E-state index < -0.39 is 17.7 Å². The zero-order valence-electron chi connectivity index (χ0n) is 32.1. The minimum Gasteiger partial charge on any atom is -0.872 e. The maximum Gasteiger partial charge on any atom is 0.337 e. The fourth-order valence-electron chi connectivity index (χ4n) is 8.78. The second-order valence-electron chi connectivity index (χ2n) is 14.0. The molecular weight excluding hydrogens is 700 g/mol. The summed E-state index contributed by atoms with van der Waals surface area (Å²) in [5.41, 5.74) is 3.42. The van der Waals surface area contributed by atoms with Crippen LogP contribution in [0.25, 0.3) is 18.2 Å². The van der Waals surface area contributed by atoms with Crippen molar-refractivity contribution in [1.29, 1.82) is 0 Å². The van der Waals surface area contributed by atoms with Crippen molar-refractivity contribution >= 4 is 30.2 Å². The van der Waals surface area contributed by atoms with E-state index in [1.807, 2.05) is 26.8 Å². The minimum absolute atomic E-state index is 0. The molecule has 8 rings (SSSR count). The van der Waals surface area contributed by atoms with Gasteiger partial charge in [-0.05, 0) is 106 Å². The van der Waals surface area contributed by atoms with E-state index in [0.717, 1.165) is 28.7 Å². The first-order chi connectivity index (χ1) is 26.0. The van der Waals surface area contributed by atoms with Crippen molar-refractivity contribution < 1.29 is 48.5 Å². The van der Waals surface area contributed by atoms with Gasteiger partial charge in [0.05, 0.1) is 32.5 Å². The van der Waals surface area contributed by atoms with Crippen LogP contribution in [0.3, 0.4) is 0 Å². The fraction of sp³-hybridized carbons (Fsp3) is 0.422. The summed E-state index contributed by atoms with van der Waals surface area (Å²) in [4.78, 5) is 34.0. The summed E-state index contributed by atoms with van der Waals surface area (Å²) in [6, 6.07) is 15.2. The highest BCUT2D eigenvalue weighted by molar-refractivity contribution is 5.90. The van der Waals surface area contributed by atoms with Crippen LogP contribution in [0, 0.1) is 23.7 Å². The summed E-state index contributed by atoms with van der Waals surface area (Å²) in [5.74, 6) is 1.47. The Morgan fingerprint density at radius 2 is 1.11 bits per heavy atom. The fourth-order valence-corrected chi connectivity index (χ4v) is 8.78. The van der Waals surface area contributed by atoms with Gasteiger partial charge in [-0.1, -0.05) is 80.3 Å². The molecule has 1 aliphatic heterocycles. The van der Waals surface area contributed by atoms with E-state index in [-0.39, 0.29) is 35.7 Å². The number of benzene rings is 3. The van der Waals surface area contributed by atoms with E-state index in [9.17, 15) is 19.8 Å². The van der Waals surface area contributed by atoms with Gasteiger partial charge in [-0.2, -0.15) is 4.89 Å². The summed E-state index contributed by atoms with van der Waals surface area (Å²) in [6.07, 6.45) is 17.4. The average molecular weight is 755 g/mol. The number of allylic oxidation sites excluding steroid dienone is 3. The van der Waals surface area contributed by atoms with E-state index in [2.05, 4.69) is 33.7 Å². The highest BCUT2D eigenvalue weighted by atomic mass is 17.3. The van der Waals surface area contributed by atoms with Crippen molar-refractivity contribution in [3.8, 4) is 17.2 Å². The van der Waals surface area contributed by atoms with Crippen LogP contribution in [0.2, 0.25) is 0 Å². The lowest BCUT2D eigenvalue weighted by Crippen LogP contribution is -2.76. The summed E-state index contributed by atoms with van der Waals surface area (Å²) >= 11 is 0. The molecule has 10 nitrogen and oxygen atoms in total. The van der Waals surface area contributed by atoms with Gasteiger partial charge in [0.1, 0.15) is 5.75 Å². The van der Waals surface area contributed by atoms with Gasteiger partial charge in [0.2, 0.25) is 0 Å². The van der Waals surface area contributed by atoms with Crippen LogP contribution in [-0.4, -0.2) is 46.0 Å². The standard InChI is InChI=1S/C22H28O4.2C11H12O3.CH4/c1-4-5-16-6-7-17(13-20(16)23-2)22(24-3)21(25-26-22)18-9-14-8-15(11-18)12-19(21)10-14;2*1-3-4-8-5-6-9(7-10(8)12)11(13)14-2;/h4-7,13-15,18-19H,8-12H2,1-3H3;2*3-7,12H,1-2H3;1H4/p-2/b5-4+;2*4-3+;. The van der Waals surface area contributed by atoms with Gasteiger partial charge in [-0.3, -0.25) is 0 Å². The first kappa shape index (κ1) is 42.8. The first-order valence-corrected chi connectivity index (χ1v) is 18.3. The Morgan fingerprint density at radius 3 is 1.47 bits per heavy atom. The number of methoxy groups -OCH3 is 4. The minimum atomic E-state index is -0.822. The highest BCUT2D eigenvalue weighted by Crippen LogP contribution is 2.69. The molecule has 1 atom stereocenters. The summed E-state index contributed by atoms with van der Waals surface area (Å²) in [6.45, 7) is 5.66. The van der Waals surface area contributed by atoms with Crippen LogP contribution in [0.5, 0.6) is 17.2 Å². The average Bonchev–Trinajstić information content (AvgIpc) is 3.16. The molecule has 3 aromatic carbocycles. The van der Waals surface area contributed by atoms with Gasteiger partial charge in [-0.25, -0.2) is 14.5 Å². The topological polar surface area (TPSA) is 136 Å². The quantitative estimate of drug-likeness (QED) is 0.163. The molecule has 10 heteroatoms. The molecule has 0 amide bonds. The van der Waals surface area contributed by atoms with Crippen LogP contribution >= 0.6 is 0 Å². The number of rotatable bonds is 8. The van der Waals surface area contributed by atoms with Crippen molar-refractivity contribution in [2.45, 2.75) is 71.7 Å². The third-order valence-electron chi connectivity index (χ3n) is 11.0. The van der Waals surface area contributed by atoms with Crippen LogP contribution in [-0.2, 0) is 29.8 Å². The number of ether oxygens (including phenoxy) is 4. The van der Waals surface area contributed by atoms with Gasteiger partial charge >= 0.3 is 11.9 Å². The molecule has 4 bridgehead atoms. The van der Waals surface area contributed by atoms with E-state index in [4.69, 9.17) is 19.2 Å². The Kier molecular flexibility index (Phi) is 14.5. The zero-order valence-corrected chi connectivity index (χ0v) is 32.1. The smallest absolute Gasteiger partial charge is 0.337 e. The highest BCUT2D eigenvalue weighted by Gasteiger charge is 2.76. The molecule has 55 heavy (non-hydrogen) atoms. The van der Waals surface area contributed by atoms with Gasteiger partial charge < -0.3 is 29.2 Å². The van der Waals surface area contributed by atoms with E-state index >= 15 is 0 Å². The molecule has 0 aromatic heterocycles. The zero-order chi connectivity index (χ0) is 39.0. The van der Waals surface area contributed by atoms with Crippen molar-refractivity contribution in [2.24, 2.45) is 23.7 Å². The Labute approximate surface area is 325 Å². The Balaban J connectivity index is 0.000000199. The van der Waals surface area contributed by atoms with E-state index in [1.165, 1.54) is 58.5 Å². The molecule has 296 valence electrons. The maximum absolute atomic E-state index is 11.4. The van der Waals surface area contributed by atoms with Crippen molar-refractivity contribution in [2.75, 3.05) is 28.4 Å². The SMILES string of the molecule is C.C/C=C/c1ccc(C(=O)OC)cc1[O-].C/C=C/c1ccc(C(=O)OC)cc1[O-].C/C=C/c1ccc(C2(OC)OOC23C2CC4CC(C2)CC3C4)cc1OC. The molecule has 5 fully saturated rings. The Hall–Kier alpha value is -4.90. The van der Waals surface area contributed by atoms with Crippen molar-refractivity contribution in [3.05, 3.63) is 106 Å². The van der Waals surface area contributed by atoms with Crippen LogP contribution in [0.15, 0.2) is 72.8 Å². The molecule has 0 radical (unpaired) electrons. The molecule has 5 aliphatic rings. The third kappa shape index (κ3) is 8.37. The van der Waals surface area contributed by atoms with Gasteiger partial charge in [-0.15, -0.1) is 11.5 Å². The summed E-state index contributed by atoms with van der Waals surface area (Å²) in [7, 11) is 6.03. The molecule has 4 aliphatic carbocycles. The molecule has 4 saturated carbocycles. The molecule has 1 unspecified atom stereocenters. The molecule has 0 N–H and O–H groups in total. The first-order valence-electron chi connectivity index (χ1n) is 18.3. The molecule has 1 spiro atoms. The summed E-state index contributed by atoms with van der Waals surface area (Å²) in [5, 5.41) is 22.8. The number of carbonyl (C=O) groups excluding carboxylic acids is 2. The number of carbonyl (C=O) groups is 2. The largest absolute Gasteiger partial charge is 0.872 e. The lowest BCUT2D eigenvalue weighted by molar-refractivity contribution is -0.645. The lowest BCUT2D eigenvalue weighted by atomic mass is 9.47. The lowest BCUT2D eigenvalue weighted by Gasteiger charge is -2.68. The number of esters is 2. The number of hydrogen-bond acceptors (Lipinski definition) is 10. The normalized spacial score (nSPS) is 25.7. The second kappa shape index (κ2) is 18.6. The monoisotopic (exact) mass is 754 g/mol. The van der Waals surface area contributed by atoms with Crippen LogP contribution < -0.4 is 14.9 Å². The predicted molar refractivity (Wildman–Crippen MR) is 209 cm³/mol. The third-order valence-corrected chi connectivity index (χ3v) is 11.0. The second-order valence-corrected chi connectivity index (χ2v) is 14.0. The molecule has 1 heterocycles. The van der Waals surface area contributed by atoms with E-state index in [1.54, 1.807) is 62.8 Å². The van der Waals surface area contributed by atoms with Crippen molar-refractivity contribution in [1.82, 2.24) is 0 Å². The molecule has 1 saturated heterocycles. The van der Waals surface area contributed by atoms with Gasteiger partial charge in [0, 0.05) is 18.2 Å². The van der Waals surface area contributed by atoms with Gasteiger partial charge in [0.15, 0.2) is 5.60 Å². The van der Waals surface area contributed by atoms with Crippen molar-refractivity contribution in [3.63, 3.8) is 0 Å². The predicted octanol–water partition coefficient (Wildman–Crippen LogP) is 8.48. The Morgan fingerprint density at radius 1 is 0.655 bits per heavy atom. The van der Waals surface area contributed by atoms with Gasteiger partial charge in [0.25, 0.3) is 5.79 Å². The van der Waals surface area contributed by atoms with E-state index in [0.29, 0.717) is 23.0 Å². The summed E-state index contributed by atoms with van der Waals surface area (Å²) < 4.78 is 20.7. The number of hydrogen-bond donors (Lipinski definition) is 0. The maximum atomic E-state index is 11.4.